The highest BCUT2D eigenvalue weighted by molar-refractivity contribution is 5.93. The average Bonchev–Trinajstić information content (AvgIpc) is 3.31. The average molecular weight is 441 g/mol. The van der Waals surface area contributed by atoms with Crippen molar-refractivity contribution in [1.29, 1.82) is 0 Å². The van der Waals surface area contributed by atoms with E-state index in [4.69, 9.17) is 10.2 Å². The standard InChI is InChI=1S/C27H28N4O2/c1-18-23(26(32)30(28-18)21-14-8-4-9-15-21)25(20-12-6-3-7-13-20)24-19(2)29-31(27(24)33)22-16-10-5-11-17-22/h3-17,23-27,32-33H,1-2H3. The van der Waals surface area contributed by atoms with E-state index in [1.807, 2.05) is 92.7 Å². The predicted molar refractivity (Wildman–Crippen MR) is 132 cm³/mol. The summed E-state index contributed by atoms with van der Waals surface area (Å²) >= 11 is 0. The second-order valence-electron chi connectivity index (χ2n) is 8.66. The van der Waals surface area contributed by atoms with Gasteiger partial charge in [-0.1, -0.05) is 66.7 Å². The Morgan fingerprint density at radius 3 is 1.36 bits per heavy atom. The SMILES string of the molecule is CC1=NN(c2ccccc2)C(O)C1C(c1ccccc1)C1C(C)=NN(c2ccccc2)C1O. The summed E-state index contributed by atoms with van der Waals surface area (Å²) in [6.07, 6.45) is -1.72. The van der Waals surface area contributed by atoms with Gasteiger partial charge in [-0.3, -0.25) is 0 Å². The zero-order chi connectivity index (χ0) is 22.9. The molecule has 0 saturated carbocycles. The highest BCUT2D eigenvalue weighted by Crippen LogP contribution is 2.45. The minimum atomic E-state index is -0.858. The zero-order valence-corrected chi connectivity index (χ0v) is 18.7. The van der Waals surface area contributed by atoms with Gasteiger partial charge in [-0.15, -0.1) is 0 Å². The third-order valence-corrected chi connectivity index (χ3v) is 6.64. The first-order valence-corrected chi connectivity index (χ1v) is 11.3. The summed E-state index contributed by atoms with van der Waals surface area (Å²) in [4.78, 5) is 0. The van der Waals surface area contributed by atoms with Gasteiger partial charge in [0.1, 0.15) is 0 Å². The number of nitrogens with zero attached hydrogens (tertiary/aromatic N) is 4. The fourth-order valence-electron chi connectivity index (χ4n) is 5.11. The molecule has 0 amide bonds. The lowest BCUT2D eigenvalue weighted by Crippen LogP contribution is -2.44. The molecule has 3 aromatic carbocycles. The minimum absolute atomic E-state index is 0.217. The van der Waals surface area contributed by atoms with Crippen LogP contribution < -0.4 is 10.0 Å². The van der Waals surface area contributed by atoms with E-state index >= 15 is 0 Å². The second kappa shape index (κ2) is 8.81. The first-order chi connectivity index (χ1) is 16.1. The summed E-state index contributed by atoms with van der Waals surface area (Å²) in [7, 11) is 0. The maximum absolute atomic E-state index is 11.5. The van der Waals surface area contributed by atoms with Gasteiger partial charge in [-0.2, -0.15) is 10.2 Å². The van der Waals surface area contributed by atoms with E-state index in [0.29, 0.717) is 0 Å². The smallest absolute Gasteiger partial charge is 0.156 e. The van der Waals surface area contributed by atoms with Gasteiger partial charge in [0.15, 0.2) is 12.5 Å². The summed E-state index contributed by atoms with van der Waals surface area (Å²) in [5.74, 6) is -0.840. The number of para-hydroxylation sites is 2. The molecule has 2 aliphatic heterocycles. The predicted octanol–water partition coefficient (Wildman–Crippen LogP) is 4.43. The number of anilines is 2. The zero-order valence-electron chi connectivity index (χ0n) is 18.7. The first-order valence-electron chi connectivity index (χ1n) is 11.3. The van der Waals surface area contributed by atoms with Gasteiger partial charge in [0.2, 0.25) is 0 Å². The van der Waals surface area contributed by atoms with Crippen LogP contribution in [-0.2, 0) is 0 Å². The minimum Gasteiger partial charge on any atom is -0.371 e. The fraction of sp³-hybridized carbons (Fsp3) is 0.259. The van der Waals surface area contributed by atoms with Gasteiger partial charge >= 0.3 is 0 Å². The van der Waals surface area contributed by atoms with Crippen molar-refractivity contribution in [1.82, 2.24) is 0 Å². The monoisotopic (exact) mass is 440 g/mol. The number of aliphatic hydroxyl groups excluding tert-OH is 2. The topological polar surface area (TPSA) is 71.7 Å². The molecule has 0 aliphatic carbocycles. The van der Waals surface area contributed by atoms with Gasteiger partial charge < -0.3 is 10.2 Å². The summed E-state index contributed by atoms with van der Waals surface area (Å²) < 4.78 is 0. The Bertz CT molecular complexity index is 1080. The van der Waals surface area contributed by atoms with Crippen LogP contribution in [0.1, 0.15) is 25.3 Å². The number of aliphatic hydroxyl groups is 2. The molecule has 6 heteroatoms. The Labute approximate surface area is 194 Å². The van der Waals surface area contributed by atoms with Crippen LogP contribution >= 0.6 is 0 Å². The van der Waals surface area contributed by atoms with Crippen molar-refractivity contribution >= 4 is 22.8 Å². The number of hydrazone groups is 2. The molecule has 2 N–H and O–H groups in total. The molecule has 0 bridgehead atoms. The van der Waals surface area contributed by atoms with E-state index in [1.165, 1.54) is 0 Å². The van der Waals surface area contributed by atoms with Crippen LogP contribution in [0.15, 0.2) is 101 Å². The Hall–Kier alpha value is -3.48. The van der Waals surface area contributed by atoms with Crippen molar-refractivity contribution in [2.45, 2.75) is 32.2 Å². The van der Waals surface area contributed by atoms with E-state index < -0.39 is 12.5 Å². The van der Waals surface area contributed by atoms with Crippen LogP contribution in [0, 0.1) is 11.8 Å². The van der Waals surface area contributed by atoms with Gasteiger partial charge in [0, 0.05) is 17.3 Å². The Morgan fingerprint density at radius 1 is 0.606 bits per heavy atom. The lowest BCUT2D eigenvalue weighted by atomic mass is 9.72. The largest absolute Gasteiger partial charge is 0.371 e. The quantitative estimate of drug-likeness (QED) is 0.616. The lowest BCUT2D eigenvalue weighted by molar-refractivity contribution is 0.0885. The first kappa shape index (κ1) is 21.4. The van der Waals surface area contributed by atoms with Crippen LogP contribution in [-0.4, -0.2) is 34.1 Å². The summed E-state index contributed by atoms with van der Waals surface area (Å²) in [6, 6.07) is 29.5. The Kier molecular flexibility index (Phi) is 5.70. The summed E-state index contributed by atoms with van der Waals surface area (Å²) in [5, 5.41) is 35.8. The van der Waals surface area contributed by atoms with Crippen LogP contribution in [0.2, 0.25) is 0 Å². The molecular weight excluding hydrogens is 412 g/mol. The molecule has 0 radical (unpaired) electrons. The van der Waals surface area contributed by atoms with E-state index in [9.17, 15) is 10.2 Å². The van der Waals surface area contributed by atoms with Crippen molar-refractivity contribution in [3.8, 4) is 0 Å². The van der Waals surface area contributed by atoms with Crippen LogP contribution in [0.5, 0.6) is 0 Å². The third-order valence-electron chi connectivity index (χ3n) is 6.64. The van der Waals surface area contributed by atoms with Gasteiger partial charge in [0.25, 0.3) is 0 Å². The van der Waals surface area contributed by atoms with Gasteiger partial charge in [-0.25, -0.2) is 10.0 Å². The molecule has 168 valence electrons. The molecule has 4 unspecified atom stereocenters. The normalized spacial score (nSPS) is 25.7. The van der Waals surface area contributed by atoms with Crippen LogP contribution in [0.3, 0.4) is 0 Å². The van der Waals surface area contributed by atoms with Crippen LogP contribution in [0.4, 0.5) is 11.4 Å². The third kappa shape index (κ3) is 3.81. The second-order valence-corrected chi connectivity index (χ2v) is 8.66. The maximum atomic E-state index is 11.5. The molecule has 3 aromatic rings. The van der Waals surface area contributed by atoms with Gasteiger partial charge in [0.05, 0.1) is 23.2 Å². The fourth-order valence-corrected chi connectivity index (χ4v) is 5.11. The molecule has 0 spiro atoms. The van der Waals surface area contributed by atoms with Crippen LogP contribution in [0.25, 0.3) is 0 Å². The molecule has 5 rings (SSSR count). The number of rotatable bonds is 5. The van der Waals surface area contributed by atoms with Crippen molar-refractivity contribution in [3.63, 3.8) is 0 Å². The van der Waals surface area contributed by atoms with E-state index in [2.05, 4.69) is 12.1 Å². The highest BCUT2D eigenvalue weighted by atomic mass is 16.3. The highest BCUT2D eigenvalue weighted by Gasteiger charge is 2.49. The van der Waals surface area contributed by atoms with E-state index in [-0.39, 0.29) is 17.8 Å². The number of hydrogen-bond donors (Lipinski definition) is 2. The lowest BCUT2D eigenvalue weighted by Gasteiger charge is -2.35. The molecular formula is C27H28N4O2. The molecule has 6 nitrogen and oxygen atoms in total. The maximum Gasteiger partial charge on any atom is 0.156 e. The van der Waals surface area contributed by atoms with Crippen molar-refractivity contribution in [2.24, 2.45) is 22.0 Å². The van der Waals surface area contributed by atoms with Gasteiger partial charge in [-0.05, 0) is 43.7 Å². The summed E-state index contributed by atoms with van der Waals surface area (Å²) in [5.41, 5.74) is 4.38. The molecule has 0 saturated heterocycles. The molecule has 0 aromatic heterocycles. The Balaban J connectivity index is 1.54. The molecule has 2 aliphatic rings. The number of benzene rings is 3. The van der Waals surface area contributed by atoms with Crippen molar-refractivity contribution in [2.75, 3.05) is 10.0 Å². The molecule has 33 heavy (non-hydrogen) atoms. The summed E-state index contributed by atoms with van der Waals surface area (Å²) in [6.45, 7) is 3.91. The molecule has 0 fully saturated rings. The molecule has 2 heterocycles. The van der Waals surface area contributed by atoms with E-state index in [1.54, 1.807) is 10.0 Å². The van der Waals surface area contributed by atoms with E-state index in [0.717, 1.165) is 28.4 Å². The number of hydrogen-bond acceptors (Lipinski definition) is 6. The molecule has 4 atom stereocenters. The van der Waals surface area contributed by atoms with Crippen molar-refractivity contribution < 1.29 is 10.2 Å². The Morgan fingerprint density at radius 2 is 0.970 bits per heavy atom. The van der Waals surface area contributed by atoms with Crippen molar-refractivity contribution in [3.05, 3.63) is 96.6 Å².